The third kappa shape index (κ3) is 2.64. The summed E-state index contributed by atoms with van der Waals surface area (Å²) in [6.45, 7) is 7.05. The predicted octanol–water partition coefficient (Wildman–Crippen LogP) is 3.29. The van der Waals surface area contributed by atoms with Crippen molar-refractivity contribution in [3.05, 3.63) is 23.3 Å². The molecule has 0 spiro atoms. The molecule has 1 aromatic carbocycles. The van der Waals surface area contributed by atoms with Crippen LogP contribution in [-0.2, 0) is 16.8 Å². The highest BCUT2D eigenvalue weighted by Gasteiger charge is 2.47. The third-order valence-corrected chi connectivity index (χ3v) is 4.33. The van der Waals surface area contributed by atoms with Crippen molar-refractivity contribution >= 4 is 11.6 Å². The maximum atomic E-state index is 12.6. The number of carbonyl (C=O) groups is 1. The molecule has 4 heteroatoms. The standard InChI is InChI=1S/C17H26N2O2/c1-4-7-8-12-9-10-13(20)15-14(12)17(6-3,16(21)19-15)18-11-5-2/h9-10,18,20H,4-8,11H2,1-3H3,(H,19,21). The van der Waals surface area contributed by atoms with Crippen molar-refractivity contribution in [2.24, 2.45) is 0 Å². The van der Waals surface area contributed by atoms with E-state index in [-0.39, 0.29) is 11.7 Å². The van der Waals surface area contributed by atoms with E-state index in [1.807, 2.05) is 13.0 Å². The molecule has 0 aliphatic carbocycles. The first-order chi connectivity index (χ1) is 10.1. The normalized spacial score (nSPS) is 20.4. The second kappa shape index (κ2) is 6.48. The van der Waals surface area contributed by atoms with E-state index in [9.17, 15) is 9.90 Å². The van der Waals surface area contributed by atoms with Crippen LogP contribution in [0.4, 0.5) is 5.69 Å². The highest BCUT2D eigenvalue weighted by Crippen LogP contribution is 2.45. The fourth-order valence-electron chi connectivity index (χ4n) is 3.13. The van der Waals surface area contributed by atoms with Gasteiger partial charge in [0.1, 0.15) is 11.3 Å². The molecule has 3 N–H and O–H groups in total. The number of unbranched alkanes of at least 4 members (excludes halogenated alkanes) is 1. The van der Waals surface area contributed by atoms with E-state index >= 15 is 0 Å². The summed E-state index contributed by atoms with van der Waals surface area (Å²) in [6, 6.07) is 3.65. The Labute approximate surface area is 126 Å². The molecular formula is C17H26N2O2. The van der Waals surface area contributed by atoms with Gasteiger partial charge in [-0.15, -0.1) is 0 Å². The summed E-state index contributed by atoms with van der Waals surface area (Å²) in [5.41, 5.74) is 2.01. The maximum absolute atomic E-state index is 12.6. The predicted molar refractivity (Wildman–Crippen MR) is 85.6 cm³/mol. The molecule has 0 radical (unpaired) electrons. The number of fused-ring (bicyclic) bond motifs is 1. The van der Waals surface area contributed by atoms with Crippen LogP contribution in [0.2, 0.25) is 0 Å². The lowest BCUT2D eigenvalue weighted by Gasteiger charge is -2.29. The molecule has 21 heavy (non-hydrogen) atoms. The number of aromatic hydroxyl groups is 1. The summed E-state index contributed by atoms with van der Waals surface area (Å²) in [5.74, 6) is 0.111. The van der Waals surface area contributed by atoms with Crippen molar-refractivity contribution < 1.29 is 9.90 Å². The van der Waals surface area contributed by atoms with Crippen LogP contribution in [0.5, 0.6) is 5.75 Å². The van der Waals surface area contributed by atoms with Gasteiger partial charge in [0.15, 0.2) is 0 Å². The van der Waals surface area contributed by atoms with Crippen LogP contribution < -0.4 is 10.6 Å². The zero-order chi connectivity index (χ0) is 15.5. The average molecular weight is 290 g/mol. The van der Waals surface area contributed by atoms with Gasteiger partial charge in [0.25, 0.3) is 0 Å². The number of hydrogen-bond acceptors (Lipinski definition) is 3. The number of anilines is 1. The SMILES string of the molecule is CCCCc1ccc(O)c2c1C(CC)(NCCC)C(=O)N2. The smallest absolute Gasteiger partial charge is 0.249 e. The summed E-state index contributed by atoms with van der Waals surface area (Å²) in [6.07, 6.45) is 4.77. The molecule has 1 atom stereocenters. The summed E-state index contributed by atoms with van der Waals surface area (Å²) in [4.78, 5) is 12.6. The molecule has 0 aromatic heterocycles. The van der Waals surface area contributed by atoms with E-state index in [1.54, 1.807) is 6.07 Å². The van der Waals surface area contributed by atoms with Crippen molar-refractivity contribution in [2.75, 3.05) is 11.9 Å². The zero-order valence-corrected chi connectivity index (χ0v) is 13.3. The Morgan fingerprint density at radius 3 is 2.62 bits per heavy atom. The van der Waals surface area contributed by atoms with E-state index in [0.717, 1.165) is 43.4 Å². The number of aryl methyl sites for hydroxylation is 1. The molecule has 1 heterocycles. The van der Waals surface area contributed by atoms with Crippen molar-refractivity contribution in [1.29, 1.82) is 0 Å². The van der Waals surface area contributed by atoms with Gasteiger partial charge in [-0.3, -0.25) is 10.1 Å². The quantitative estimate of drug-likeness (QED) is 0.675. The Balaban J connectivity index is 2.53. The number of hydrogen-bond donors (Lipinski definition) is 3. The summed E-state index contributed by atoms with van der Waals surface area (Å²) < 4.78 is 0. The van der Waals surface area contributed by atoms with Gasteiger partial charge in [-0.25, -0.2) is 0 Å². The first-order valence-corrected chi connectivity index (χ1v) is 8.02. The first kappa shape index (κ1) is 15.8. The van der Waals surface area contributed by atoms with E-state index in [0.29, 0.717) is 12.1 Å². The first-order valence-electron chi connectivity index (χ1n) is 8.02. The van der Waals surface area contributed by atoms with Crippen LogP contribution in [-0.4, -0.2) is 17.6 Å². The summed E-state index contributed by atoms with van der Waals surface area (Å²) in [5, 5.41) is 16.4. The van der Waals surface area contributed by atoms with Gasteiger partial charge in [0, 0.05) is 5.56 Å². The minimum absolute atomic E-state index is 0.0484. The van der Waals surface area contributed by atoms with Crippen molar-refractivity contribution in [3.63, 3.8) is 0 Å². The van der Waals surface area contributed by atoms with Gasteiger partial charge in [-0.05, 0) is 43.9 Å². The van der Waals surface area contributed by atoms with Gasteiger partial charge >= 0.3 is 0 Å². The number of amides is 1. The maximum Gasteiger partial charge on any atom is 0.249 e. The van der Waals surface area contributed by atoms with Gasteiger partial charge in [-0.2, -0.15) is 0 Å². The fraction of sp³-hybridized carbons (Fsp3) is 0.588. The van der Waals surface area contributed by atoms with Crippen molar-refractivity contribution in [3.8, 4) is 5.75 Å². The van der Waals surface area contributed by atoms with E-state index in [1.165, 1.54) is 0 Å². The molecule has 2 rings (SSSR count). The Morgan fingerprint density at radius 2 is 2.00 bits per heavy atom. The van der Waals surface area contributed by atoms with Gasteiger partial charge < -0.3 is 10.4 Å². The lowest BCUT2D eigenvalue weighted by atomic mass is 9.83. The monoisotopic (exact) mass is 290 g/mol. The van der Waals surface area contributed by atoms with Gasteiger partial charge in [-0.1, -0.05) is 33.3 Å². The highest BCUT2D eigenvalue weighted by atomic mass is 16.3. The third-order valence-electron chi connectivity index (χ3n) is 4.33. The number of carbonyl (C=O) groups excluding carboxylic acids is 1. The van der Waals surface area contributed by atoms with Crippen molar-refractivity contribution in [1.82, 2.24) is 5.32 Å². The minimum Gasteiger partial charge on any atom is -0.506 e. The highest BCUT2D eigenvalue weighted by molar-refractivity contribution is 6.07. The zero-order valence-electron chi connectivity index (χ0n) is 13.3. The molecule has 1 unspecified atom stereocenters. The minimum atomic E-state index is -0.701. The molecule has 116 valence electrons. The molecular weight excluding hydrogens is 264 g/mol. The fourth-order valence-corrected chi connectivity index (χ4v) is 3.13. The van der Waals surface area contributed by atoms with Crippen LogP contribution in [0.1, 0.15) is 57.6 Å². The Hall–Kier alpha value is -1.55. The number of phenols is 1. The Bertz CT molecular complexity index is 528. The number of nitrogens with one attached hydrogen (secondary N) is 2. The van der Waals surface area contributed by atoms with Crippen LogP contribution in [0, 0.1) is 0 Å². The molecule has 1 amide bonds. The topological polar surface area (TPSA) is 61.4 Å². The van der Waals surface area contributed by atoms with Crippen LogP contribution >= 0.6 is 0 Å². The van der Waals surface area contributed by atoms with Gasteiger partial charge in [0.2, 0.25) is 5.91 Å². The van der Waals surface area contributed by atoms with Crippen LogP contribution in [0.25, 0.3) is 0 Å². The second-order valence-electron chi connectivity index (χ2n) is 5.74. The second-order valence-corrected chi connectivity index (χ2v) is 5.74. The van der Waals surface area contributed by atoms with Crippen LogP contribution in [0.3, 0.4) is 0 Å². The number of rotatable bonds is 7. The molecule has 1 aliphatic rings. The molecule has 4 nitrogen and oxygen atoms in total. The van der Waals surface area contributed by atoms with E-state index < -0.39 is 5.54 Å². The summed E-state index contributed by atoms with van der Waals surface area (Å²) in [7, 11) is 0. The molecule has 1 aromatic rings. The molecule has 0 saturated heterocycles. The molecule has 1 aliphatic heterocycles. The largest absolute Gasteiger partial charge is 0.506 e. The van der Waals surface area contributed by atoms with E-state index in [2.05, 4.69) is 24.5 Å². The molecule has 0 bridgehead atoms. The summed E-state index contributed by atoms with van der Waals surface area (Å²) >= 11 is 0. The Kier molecular flexibility index (Phi) is 4.88. The average Bonchev–Trinajstić information content (AvgIpc) is 2.79. The van der Waals surface area contributed by atoms with Crippen LogP contribution in [0.15, 0.2) is 12.1 Å². The van der Waals surface area contributed by atoms with Crippen molar-refractivity contribution in [2.45, 2.75) is 58.4 Å². The molecule has 0 fully saturated rings. The number of benzene rings is 1. The lowest BCUT2D eigenvalue weighted by molar-refractivity contribution is -0.122. The lowest BCUT2D eigenvalue weighted by Crippen LogP contribution is -2.48. The molecule has 0 saturated carbocycles. The Morgan fingerprint density at radius 1 is 1.24 bits per heavy atom. The van der Waals surface area contributed by atoms with Gasteiger partial charge in [0.05, 0.1) is 5.69 Å². The number of phenolic OH excluding ortho intramolecular Hbond substituents is 1. The van der Waals surface area contributed by atoms with E-state index in [4.69, 9.17) is 0 Å².